The predicted molar refractivity (Wildman–Crippen MR) is 80.3 cm³/mol. The molecule has 3 rings (SSSR count). The summed E-state index contributed by atoms with van der Waals surface area (Å²) in [6.45, 7) is 0.757. The Hall–Kier alpha value is -2.70. The Morgan fingerprint density at radius 1 is 1.27 bits per heavy atom. The molecule has 0 atom stereocenters. The summed E-state index contributed by atoms with van der Waals surface area (Å²) in [5.74, 6) is -0.450. The van der Waals surface area contributed by atoms with Crippen molar-refractivity contribution in [1.82, 2.24) is 10.7 Å². The highest BCUT2D eigenvalue weighted by atomic mass is 16.2. The summed E-state index contributed by atoms with van der Waals surface area (Å²) in [7, 11) is 0. The van der Waals surface area contributed by atoms with Crippen LogP contribution in [0.15, 0.2) is 29.4 Å². The topological polar surface area (TPSA) is 90.9 Å². The van der Waals surface area contributed by atoms with Crippen LogP contribution in [0.4, 0.5) is 5.69 Å². The van der Waals surface area contributed by atoms with Crippen LogP contribution in [0, 0.1) is 0 Å². The van der Waals surface area contributed by atoms with E-state index in [0.29, 0.717) is 31.6 Å². The molecule has 2 aliphatic heterocycles. The first-order chi connectivity index (χ1) is 10.6. The maximum Gasteiger partial charge on any atom is 0.267 e. The van der Waals surface area contributed by atoms with Crippen molar-refractivity contribution in [2.45, 2.75) is 19.3 Å². The minimum Gasteiger partial charge on any atom is -0.349 e. The number of fused-ring (bicyclic) bond motifs is 1. The summed E-state index contributed by atoms with van der Waals surface area (Å²) < 4.78 is 0. The van der Waals surface area contributed by atoms with Crippen molar-refractivity contribution >= 4 is 29.1 Å². The third kappa shape index (κ3) is 2.83. The van der Waals surface area contributed by atoms with E-state index in [-0.39, 0.29) is 24.1 Å². The average Bonchev–Trinajstić information content (AvgIpc) is 2.84. The van der Waals surface area contributed by atoms with E-state index in [1.54, 1.807) is 4.90 Å². The molecule has 0 aromatic heterocycles. The second-order valence-corrected chi connectivity index (χ2v) is 5.20. The molecule has 0 saturated heterocycles. The lowest BCUT2D eigenvalue weighted by Gasteiger charge is -2.18. The summed E-state index contributed by atoms with van der Waals surface area (Å²) in [6, 6.07) is 7.64. The van der Waals surface area contributed by atoms with Crippen LogP contribution in [0.1, 0.15) is 18.4 Å². The number of anilines is 1. The maximum atomic E-state index is 12.0. The van der Waals surface area contributed by atoms with Gasteiger partial charge in [-0.3, -0.25) is 14.4 Å². The number of benzene rings is 1. The van der Waals surface area contributed by atoms with E-state index in [1.165, 1.54) is 0 Å². The molecule has 3 amide bonds. The van der Waals surface area contributed by atoms with E-state index in [0.717, 1.165) is 11.3 Å². The number of rotatable bonds is 4. The van der Waals surface area contributed by atoms with Crippen molar-refractivity contribution in [3.8, 4) is 0 Å². The van der Waals surface area contributed by atoms with Gasteiger partial charge < -0.3 is 10.2 Å². The van der Waals surface area contributed by atoms with Crippen molar-refractivity contribution in [2.75, 3.05) is 18.0 Å². The summed E-state index contributed by atoms with van der Waals surface area (Å²) in [4.78, 5) is 36.6. The first-order valence-electron chi connectivity index (χ1n) is 7.17. The second-order valence-electron chi connectivity index (χ2n) is 5.20. The highest BCUT2D eigenvalue weighted by molar-refractivity contribution is 6.39. The molecule has 0 fully saturated rings. The van der Waals surface area contributed by atoms with E-state index in [9.17, 15) is 14.4 Å². The van der Waals surface area contributed by atoms with Crippen molar-refractivity contribution in [3.05, 3.63) is 29.8 Å². The molecule has 0 bridgehead atoms. The van der Waals surface area contributed by atoms with Gasteiger partial charge in [0.25, 0.3) is 5.91 Å². The summed E-state index contributed by atoms with van der Waals surface area (Å²) >= 11 is 0. The minimum atomic E-state index is -0.306. The summed E-state index contributed by atoms with van der Waals surface area (Å²) in [6.07, 6.45) is 1.01. The van der Waals surface area contributed by atoms with Crippen LogP contribution in [0.5, 0.6) is 0 Å². The first-order valence-corrected chi connectivity index (χ1v) is 7.17. The summed E-state index contributed by atoms with van der Waals surface area (Å²) in [5, 5.41) is 6.47. The molecular weight excluding hydrogens is 284 g/mol. The van der Waals surface area contributed by atoms with Gasteiger partial charge in [-0.2, -0.15) is 5.10 Å². The van der Waals surface area contributed by atoms with Gasteiger partial charge in [0.05, 0.1) is 6.42 Å². The zero-order valence-corrected chi connectivity index (χ0v) is 12.0. The van der Waals surface area contributed by atoms with Gasteiger partial charge in [-0.15, -0.1) is 0 Å². The van der Waals surface area contributed by atoms with Crippen LogP contribution in [-0.2, 0) is 20.8 Å². The van der Waals surface area contributed by atoms with Crippen molar-refractivity contribution < 1.29 is 14.4 Å². The van der Waals surface area contributed by atoms with Gasteiger partial charge in [-0.05, 0) is 11.6 Å². The Balaban J connectivity index is 1.54. The van der Waals surface area contributed by atoms with Gasteiger partial charge in [0, 0.05) is 31.6 Å². The van der Waals surface area contributed by atoms with Crippen LogP contribution in [0.2, 0.25) is 0 Å². The molecule has 0 spiro atoms. The predicted octanol–water partition coefficient (Wildman–Crippen LogP) is -0.0421. The zero-order chi connectivity index (χ0) is 15.5. The molecule has 1 aromatic rings. The number of hydrogen-bond donors (Lipinski definition) is 2. The first kappa shape index (κ1) is 14.2. The van der Waals surface area contributed by atoms with Gasteiger partial charge in [0.1, 0.15) is 5.71 Å². The van der Waals surface area contributed by atoms with Gasteiger partial charge in [-0.1, -0.05) is 18.2 Å². The normalized spacial score (nSPS) is 16.9. The number of hydrogen-bond acceptors (Lipinski definition) is 4. The van der Waals surface area contributed by atoms with Gasteiger partial charge >= 0.3 is 0 Å². The van der Waals surface area contributed by atoms with E-state index in [1.807, 2.05) is 24.3 Å². The number of hydrazone groups is 1. The fourth-order valence-corrected chi connectivity index (χ4v) is 2.58. The number of amides is 3. The fraction of sp³-hybridized carbons (Fsp3) is 0.333. The molecule has 7 nitrogen and oxygen atoms in total. The largest absolute Gasteiger partial charge is 0.349 e. The smallest absolute Gasteiger partial charge is 0.267 e. The molecule has 2 aliphatic rings. The molecule has 0 saturated carbocycles. The number of carbonyl (C=O) groups excluding carboxylic acids is 3. The van der Waals surface area contributed by atoms with Crippen LogP contribution in [0.25, 0.3) is 0 Å². The molecule has 1 aromatic carbocycles. The lowest BCUT2D eigenvalue weighted by molar-refractivity contribution is -0.121. The van der Waals surface area contributed by atoms with Crippen molar-refractivity contribution in [3.63, 3.8) is 0 Å². The minimum absolute atomic E-state index is 0.0396. The van der Waals surface area contributed by atoms with Crippen molar-refractivity contribution in [2.24, 2.45) is 5.10 Å². The monoisotopic (exact) mass is 300 g/mol. The van der Waals surface area contributed by atoms with E-state index in [4.69, 9.17) is 0 Å². The van der Waals surface area contributed by atoms with E-state index < -0.39 is 0 Å². The number of nitrogens with zero attached hydrogens (tertiary/aromatic N) is 2. The van der Waals surface area contributed by atoms with Gasteiger partial charge in [-0.25, -0.2) is 5.43 Å². The third-order valence-corrected chi connectivity index (χ3v) is 3.71. The molecular formula is C15H16N4O3. The molecule has 7 heteroatoms. The Morgan fingerprint density at radius 2 is 2.09 bits per heavy atom. The lowest BCUT2D eigenvalue weighted by atomic mass is 10.1. The van der Waals surface area contributed by atoms with Gasteiger partial charge in [0.2, 0.25) is 11.8 Å². The Labute approximate surface area is 127 Å². The average molecular weight is 300 g/mol. The number of nitrogens with one attached hydrogen (secondary N) is 2. The molecule has 2 heterocycles. The number of carbonyl (C=O) groups is 3. The van der Waals surface area contributed by atoms with Crippen LogP contribution in [-0.4, -0.2) is 36.5 Å². The maximum absolute atomic E-state index is 12.0. The molecule has 22 heavy (non-hydrogen) atoms. The van der Waals surface area contributed by atoms with Crippen LogP contribution < -0.4 is 15.6 Å². The highest BCUT2D eigenvalue weighted by Gasteiger charge is 2.26. The van der Waals surface area contributed by atoms with Crippen LogP contribution >= 0.6 is 0 Å². The fourth-order valence-electron chi connectivity index (χ4n) is 2.58. The standard InChI is InChI=1S/C15H16N4O3/c20-13-6-5-11(17-18-13)15(22)16-7-8-19-12-4-2-1-3-10(12)9-14(19)21/h1-4H,5-9H2,(H,16,22)(H,18,20). The van der Waals surface area contributed by atoms with Crippen molar-refractivity contribution in [1.29, 1.82) is 0 Å². The SMILES string of the molecule is O=C1CCC(C(=O)NCCN2C(=O)Cc3ccccc32)=NN1. The molecule has 0 aliphatic carbocycles. The third-order valence-electron chi connectivity index (χ3n) is 3.71. The lowest BCUT2D eigenvalue weighted by Crippen LogP contribution is -2.41. The Morgan fingerprint density at radius 3 is 2.86 bits per heavy atom. The Bertz CT molecular complexity index is 669. The van der Waals surface area contributed by atoms with Crippen LogP contribution in [0.3, 0.4) is 0 Å². The molecule has 114 valence electrons. The number of para-hydroxylation sites is 1. The highest BCUT2D eigenvalue weighted by Crippen LogP contribution is 2.27. The molecule has 2 N–H and O–H groups in total. The van der Waals surface area contributed by atoms with E-state index >= 15 is 0 Å². The van der Waals surface area contributed by atoms with Gasteiger partial charge in [0.15, 0.2) is 0 Å². The van der Waals surface area contributed by atoms with E-state index in [2.05, 4.69) is 15.8 Å². The summed E-state index contributed by atoms with van der Waals surface area (Å²) in [5.41, 5.74) is 4.52. The quantitative estimate of drug-likeness (QED) is 0.817. The second kappa shape index (κ2) is 5.97. The zero-order valence-electron chi connectivity index (χ0n) is 12.0. The molecule has 0 unspecified atom stereocenters. The molecule has 0 radical (unpaired) electrons. The Kier molecular flexibility index (Phi) is 3.86.